The molecular weight excluding hydrogens is 394 g/mol. The van der Waals surface area contributed by atoms with Gasteiger partial charge in [-0.25, -0.2) is 13.4 Å². The molecule has 2 heterocycles. The van der Waals surface area contributed by atoms with Crippen LogP contribution in [0, 0.1) is 0 Å². The van der Waals surface area contributed by atoms with Crippen molar-refractivity contribution in [2.24, 2.45) is 7.05 Å². The van der Waals surface area contributed by atoms with Gasteiger partial charge in [-0.05, 0) is 18.6 Å². The molecule has 1 aromatic heterocycles. The Hall–Kier alpha value is -2.72. The Morgan fingerprint density at radius 3 is 2.55 bits per heavy atom. The van der Waals surface area contributed by atoms with E-state index in [1.54, 1.807) is 47.2 Å². The minimum atomic E-state index is -3.72. The largest absolute Gasteiger partial charge is 0.354 e. The Morgan fingerprint density at radius 1 is 1.10 bits per heavy atom. The van der Waals surface area contributed by atoms with Gasteiger partial charge in [0.25, 0.3) is 5.91 Å². The number of hydrogen-bond donors (Lipinski definition) is 1. The highest BCUT2D eigenvalue weighted by molar-refractivity contribution is 7.89. The first-order valence-electron chi connectivity index (χ1n) is 9.47. The van der Waals surface area contributed by atoms with Crippen LogP contribution in [-0.2, 0) is 21.9 Å². The van der Waals surface area contributed by atoms with Gasteiger partial charge >= 0.3 is 0 Å². The molecule has 2 aromatic rings. The predicted octanol–water partition coefficient (Wildman–Crippen LogP) is 0.463. The average Bonchev–Trinajstić information content (AvgIpc) is 3.13. The summed E-state index contributed by atoms with van der Waals surface area (Å²) < 4.78 is 29.0. The number of aryl methyl sites for hydroxylation is 1. The molecule has 10 heteroatoms. The van der Waals surface area contributed by atoms with Crippen LogP contribution in [-0.4, -0.2) is 71.7 Å². The predicted molar refractivity (Wildman–Crippen MR) is 107 cm³/mol. The van der Waals surface area contributed by atoms with Crippen LogP contribution in [0.2, 0.25) is 0 Å². The topological polar surface area (TPSA) is 105 Å². The minimum absolute atomic E-state index is 0.0697. The van der Waals surface area contributed by atoms with Crippen LogP contribution in [0.25, 0.3) is 0 Å². The Morgan fingerprint density at radius 2 is 1.86 bits per heavy atom. The van der Waals surface area contributed by atoms with Crippen molar-refractivity contribution < 1.29 is 18.0 Å². The molecule has 2 amide bonds. The molecule has 0 unspecified atom stereocenters. The van der Waals surface area contributed by atoms with Gasteiger partial charge in [-0.2, -0.15) is 4.31 Å². The van der Waals surface area contributed by atoms with Crippen molar-refractivity contribution in [3.05, 3.63) is 48.5 Å². The van der Waals surface area contributed by atoms with E-state index < -0.39 is 10.0 Å². The van der Waals surface area contributed by atoms with Crippen LogP contribution >= 0.6 is 0 Å². The summed E-state index contributed by atoms with van der Waals surface area (Å²) in [6, 6.07) is 8.16. The third kappa shape index (κ3) is 5.21. The third-order valence-corrected chi connectivity index (χ3v) is 6.63. The number of carbonyl (C=O) groups is 2. The van der Waals surface area contributed by atoms with Gasteiger partial charge < -0.3 is 14.8 Å². The van der Waals surface area contributed by atoms with Gasteiger partial charge in [0.05, 0.1) is 11.2 Å². The quantitative estimate of drug-likeness (QED) is 0.778. The van der Waals surface area contributed by atoms with Crippen LogP contribution in [0.5, 0.6) is 0 Å². The normalized spacial score (nSPS) is 17.4. The van der Waals surface area contributed by atoms with Crippen molar-refractivity contribution in [3.63, 3.8) is 0 Å². The zero-order chi connectivity index (χ0) is 20.9. The molecular formula is C19H25N5O4S. The van der Waals surface area contributed by atoms with Crippen molar-refractivity contribution >= 4 is 21.8 Å². The van der Waals surface area contributed by atoms with E-state index in [0.717, 1.165) is 0 Å². The molecule has 156 valence electrons. The number of nitrogens with one attached hydrogen (secondary N) is 1. The van der Waals surface area contributed by atoms with Crippen molar-refractivity contribution in [1.82, 2.24) is 24.1 Å². The van der Waals surface area contributed by atoms with Gasteiger partial charge in [0.2, 0.25) is 15.9 Å². The molecule has 1 aliphatic rings. The maximum atomic E-state index is 13.0. The third-order valence-electron chi connectivity index (χ3n) is 4.72. The number of imidazole rings is 1. The summed E-state index contributed by atoms with van der Waals surface area (Å²) >= 11 is 0. The van der Waals surface area contributed by atoms with E-state index in [9.17, 15) is 18.0 Å². The molecule has 0 saturated carbocycles. The number of carbonyl (C=O) groups excluding carboxylic acids is 2. The van der Waals surface area contributed by atoms with E-state index in [0.29, 0.717) is 31.7 Å². The molecule has 1 saturated heterocycles. The number of aromatic nitrogens is 2. The number of benzene rings is 1. The fourth-order valence-electron chi connectivity index (χ4n) is 3.18. The molecule has 0 aliphatic carbocycles. The van der Waals surface area contributed by atoms with E-state index in [1.165, 1.54) is 16.4 Å². The highest BCUT2D eigenvalue weighted by atomic mass is 32.2. The fraction of sp³-hybridized carbons (Fsp3) is 0.421. The summed E-state index contributed by atoms with van der Waals surface area (Å²) in [5, 5.41) is 2.75. The fourth-order valence-corrected chi connectivity index (χ4v) is 4.68. The molecule has 0 bridgehead atoms. The molecule has 29 heavy (non-hydrogen) atoms. The molecule has 1 aromatic carbocycles. The first kappa shape index (κ1) is 21.0. The highest BCUT2D eigenvalue weighted by Gasteiger charge is 2.26. The van der Waals surface area contributed by atoms with Gasteiger partial charge in [-0.1, -0.05) is 18.2 Å². The van der Waals surface area contributed by atoms with E-state index in [2.05, 4.69) is 10.3 Å². The maximum Gasteiger partial charge on any atom is 0.274 e. The van der Waals surface area contributed by atoms with Crippen LogP contribution in [0.3, 0.4) is 0 Å². The standard InChI is InChI=1S/C19H25N5O4S/c1-22-14-17(21-15-22)19(26)23-10-5-11-24(12-8-18(25)20-9-13-23)29(27,28)16-6-3-2-4-7-16/h2-4,6-7,14-15H,5,8-13H2,1H3,(H,20,25). The van der Waals surface area contributed by atoms with E-state index in [4.69, 9.17) is 0 Å². The summed E-state index contributed by atoms with van der Waals surface area (Å²) in [7, 11) is -1.94. The number of rotatable bonds is 3. The lowest BCUT2D eigenvalue weighted by molar-refractivity contribution is -0.121. The van der Waals surface area contributed by atoms with E-state index >= 15 is 0 Å². The molecule has 1 N–H and O–H groups in total. The van der Waals surface area contributed by atoms with Crippen LogP contribution < -0.4 is 5.32 Å². The van der Waals surface area contributed by atoms with Gasteiger partial charge in [-0.15, -0.1) is 0 Å². The number of nitrogens with zero attached hydrogens (tertiary/aromatic N) is 4. The monoisotopic (exact) mass is 419 g/mol. The lowest BCUT2D eigenvalue weighted by Gasteiger charge is -2.24. The summed E-state index contributed by atoms with van der Waals surface area (Å²) in [5.41, 5.74) is 0.322. The number of sulfonamides is 1. The van der Waals surface area contributed by atoms with Gasteiger partial charge in [0.15, 0.2) is 0 Å². The van der Waals surface area contributed by atoms with Gasteiger partial charge in [-0.3, -0.25) is 9.59 Å². The zero-order valence-electron chi connectivity index (χ0n) is 16.3. The van der Waals surface area contributed by atoms with E-state index in [-0.39, 0.29) is 36.2 Å². The van der Waals surface area contributed by atoms with Gasteiger partial charge in [0.1, 0.15) is 5.69 Å². The molecule has 0 spiro atoms. The van der Waals surface area contributed by atoms with Crippen molar-refractivity contribution in [3.8, 4) is 0 Å². The van der Waals surface area contributed by atoms with Crippen molar-refractivity contribution in [1.29, 1.82) is 0 Å². The maximum absolute atomic E-state index is 13.0. The van der Waals surface area contributed by atoms with Gasteiger partial charge in [0, 0.05) is 52.4 Å². The second-order valence-electron chi connectivity index (χ2n) is 6.89. The number of hydrogen-bond acceptors (Lipinski definition) is 5. The Balaban J connectivity index is 1.77. The van der Waals surface area contributed by atoms with Crippen LogP contribution in [0.4, 0.5) is 0 Å². The lowest BCUT2D eigenvalue weighted by Crippen LogP contribution is -2.39. The smallest absolute Gasteiger partial charge is 0.274 e. The first-order valence-corrected chi connectivity index (χ1v) is 10.9. The Labute approximate surface area is 170 Å². The first-order chi connectivity index (χ1) is 13.9. The summed E-state index contributed by atoms with van der Waals surface area (Å²) in [6.45, 7) is 1.33. The molecule has 3 rings (SSSR count). The lowest BCUT2D eigenvalue weighted by atomic mass is 10.3. The SMILES string of the molecule is Cn1cnc(C(=O)N2CCCN(S(=O)(=O)c3ccccc3)CCC(=O)NCC2)c1. The number of amides is 2. The van der Waals surface area contributed by atoms with Crippen molar-refractivity contribution in [2.45, 2.75) is 17.7 Å². The van der Waals surface area contributed by atoms with E-state index in [1.807, 2.05) is 0 Å². The Kier molecular flexibility index (Phi) is 6.65. The van der Waals surface area contributed by atoms with Crippen molar-refractivity contribution in [2.75, 3.05) is 32.7 Å². The zero-order valence-corrected chi connectivity index (χ0v) is 17.1. The second-order valence-corrected chi connectivity index (χ2v) is 8.83. The second kappa shape index (κ2) is 9.19. The molecule has 1 aliphatic heterocycles. The highest BCUT2D eigenvalue weighted by Crippen LogP contribution is 2.16. The summed E-state index contributed by atoms with van der Waals surface area (Å²) in [5.74, 6) is -0.484. The molecule has 0 atom stereocenters. The molecule has 1 fully saturated rings. The minimum Gasteiger partial charge on any atom is -0.354 e. The molecule has 0 radical (unpaired) electrons. The summed E-state index contributed by atoms with van der Waals surface area (Å²) in [6.07, 6.45) is 3.72. The summed E-state index contributed by atoms with van der Waals surface area (Å²) in [4.78, 5) is 30.8. The average molecular weight is 420 g/mol. The van der Waals surface area contributed by atoms with Crippen LogP contribution in [0.1, 0.15) is 23.3 Å². The van der Waals surface area contributed by atoms with Crippen LogP contribution in [0.15, 0.2) is 47.8 Å². The molecule has 9 nitrogen and oxygen atoms in total. The Bertz CT molecular complexity index is 958.